The normalized spacial score (nSPS) is 11.1. The number of aliphatic carboxylic acids is 1. The largest absolute Gasteiger partial charge is 0.479 e. The van der Waals surface area contributed by atoms with E-state index in [1.54, 1.807) is 12.1 Å². The number of ether oxygens (including phenoxy) is 1. The molecule has 11 heteroatoms. The number of halogens is 1. The molecule has 0 fully saturated rings. The van der Waals surface area contributed by atoms with Gasteiger partial charge in [0.2, 0.25) is 10.0 Å². The molecule has 0 spiro atoms. The first-order valence-corrected chi connectivity index (χ1v) is 8.62. The Morgan fingerprint density at radius 1 is 1.36 bits per heavy atom. The maximum Gasteiger partial charge on any atom is 0.341 e. The van der Waals surface area contributed by atoms with Crippen LogP contribution < -0.4 is 10.5 Å². The molecule has 25 heavy (non-hydrogen) atoms. The Labute approximate surface area is 147 Å². The third-order valence-corrected chi connectivity index (χ3v) is 4.33. The fourth-order valence-corrected chi connectivity index (χ4v) is 2.99. The van der Waals surface area contributed by atoms with Gasteiger partial charge >= 0.3 is 11.9 Å². The van der Waals surface area contributed by atoms with Crippen molar-refractivity contribution < 1.29 is 32.3 Å². The van der Waals surface area contributed by atoms with E-state index in [0.29, 0.717) is 5.76 Å². The van der Waals surface area contributed by atoms with Crippen LogP contribution >= 0.6 is 11.6 Å². The van der Waals surface area contributed by atoms with Crippen molar-refractivity contribution in [3.63, 3.8) is 0 Å². The molecule has 0 bridgehead atoms. The molecular weight excluding hydrogens is 376 g/mol. The summed E-state index contributed by atoms with van der Waals surface area (Å²) in [6.45, 7) is -0.721. The number of esters is 1. The fourth-order valence-electron chi connectivity index (χ4n) is 1.89. The van der Waals surface area contributed by atoms with Gasteiger partial charge in [0.1, 0.15) is 10.7 Å². The lowest BCUT2D eigenvalue weighted by atomic mass is 10.1. The molecule has 0 aliphatic rings. The highest BCUT2D eigenvalue weighted by molar-refractivity contribution is 7.89. The molecule has 0 aliphatic heterocycles. The summed E-state index contributed by atoms with van der Waals surface area (Å²) in [6, 6.07) is 5.44. The van der Waals surface area contributed by atoms with E-state index in [1.165, 1.54) is 12.3 Å². The number of furan rings is 1. The molecule has 0 saturated heterocycles. The van der Waals surface area contributed by atoms with Gasteiger partial charge in [0.15, 0.2) is 6.61 Å². The predicted octanol–water partition coefficient (Wildman–Crippen LogP) is 1.43. The number of carbonyl (C=O) groups is 2. The van der Waals surface area contributed by atoms with E-state index in [9.17, 15) is 18.0 Å². The van der Waals surface area contributed by atoms with E-state index in [-0.39, 0.29) is 22.8 Å². The Hall–Kier alpha value is -2.56. The van der Waals surface area contributed by atoms with Crippen LogP contribution in [0.25, 0.3) is 0 Å². The minimum absolute atomic E-state index is 0.129. The molecule has 1 aromatic carbocycles. The lowest BCUT2D eigenvalue weighted by molar-refractivity contribution is -0.140. The van der Waals surface area contributed by atoms with Crippen molar-refractivity contribution in [1.29, 1.82) is 0 Å². The summed E-state index contributed by atoms with van der Waals surface area (Å²) in [5.74, 6) is -1.87. The van der Waals surface area contributed by atoms with Gasteiger partial charge in [-0.3, -0.25) is 0 Å². The maximum absolute atomic E-state index is 12.1. The number of carbonyl (C=O) groups excluding carboxylic acids is 1. The molecule has 9 nitrogen and oxygen atoms in total. The summed E-state index contributed by atoms with van der Waals surface area (Å²) in [5.41, 5.74) is -0.106. The molecule has 0 radical (unpaired) electrons. The second-order valence-electron chi connectivity index (χ2n) is 4.78. The van der Waals surface area contributed by atoms with E-state index in [4.69, 9.17) is 26.3 Å². The van der Waals surface area contributed by atoms with Gasteiger partial charge < -0.3 is 19.6 Å². The van der Waals surface area contributed by atoms with Gasteiger partial charge in [-0.1, -0.05) is 11.6 Å². The Morgan fingerprint density at radius 2 is 2.08 bits per heavy atom. The van der Waals surface area contributed by atoms with Gasteiger partial charge in [0.25, 0.3) is 0 Å². The molecule has 1 aromatic heterocycles. The number of benzene rings is 1. The van der Waals surface area contributed by atoms with Crippen molar-refractivity contribution >= 4 is 39.3 Å². The lowest BCUT2D eigenvalue weighted by Gasteiger charge is -2.13. The van der Waals surface area contributed by atoms with Crippen LogP contribution in [0.2, 0.25) is 5.02 Å². The number of carboxylic acid groups (broad SMARTS) is 1. The minimum atomic E-state index is -4.20. The molecule has 0 aliphatic carbocycles. The van der Waals surface area contributed by atoms with Gasteiger partial charge in [-0.2, -0.15) is 0 Å². The number of carboxylic acids is 1. The van der Waals surface area contributed by atoms with Crippen molar-refractivity contribution in [3.05, 3.63) is 46.9 Å². The number of hydrogen-bond acceptors (Lipinski definition) is 7. The van der Waals surface area contributed by atoms with Gasteiger partial charge in [0, 0.05) is 0 Å². The first kappa shape index (κ1) is 18.8. The maximum atomic E-state index is 12.1. The summed E-state index contributed by atoms with van der Waals surface area (Å²) in [6.07, 6.45) is 1.45. The SMILES string of the molecule is NS(=O)(=O)c1cc(C(=O)OCC(=O)O)c(NCc2ccco2)cc1Cl. The third-order valence-electron chi connectivity index (χ3n) is 2.96. The summed E-state index contributed by atoms with van der Waals surface area (Å²) in [7, 11) is -4.20. The van der Waals surface area contributed by atoms with Gasteiger partial charge in [-0.05, 0) is 24.3 Å². The van der Waals surface area contributed by atoms with Crippen molar-refractivity contribution in [2.45, 2.75) is 11.4 Å². The predicted molar refractivity (Wildman–Crippen MR) is 86.8 cm³/mol. The number of nitrogens with one attached hydrogen (secondary N) is 1. The molecule has 0 saturated carbocycles. The zero-order valence-corrected chi connectivity index (χ0v) is 14.1. The standard InChI is InChI=1S/C14H13ClN2O7S/c15-10-5-11(17-6-8-2-1-3-23-8)9(4-12(10)25(16,21)22)14(20)24-7-13(18)19/h1-5,17H,6-7H2,(H,18,19)(H2,16,21,22). The fraction of sp³-hybridized carbons (Fsp3) is 0.143. The molecule has 0 atom stereocenters. The molecule has 2 rings (SSSR count). The van der Waals surface area contributed by atoms with Crippen molar-refractivity contribution in [1.82, 2.24) is 0 Å². The average molecular weight is 389 g/mol. The van der Waals surface area contributed by atoms with Crippen LogP contribution in [0.5, 0.6) is 0 Å². The van der Waals surface area contributed by atoms with Crippen LogP contribution in [0.15, 0.2) is 39.8 Å². The zero-order valence-electron chi connectivity index (χ0n) is 12.6. The van der Waals surface area contributed by atoms with Gasteiger partial charge in [-0.25, -0.2) is 23.1 Å². The van der Waals surface area contributed by atoms with Crippen LogP contribution in [-0.4, -0.2) is 32.1 Å². The second kappa shape index (κ2) is 7.55. The van der Waals surface area contributed by atoms with Crippen LogP contribution in [-0.2, 0) is 26.1 Å². The van der Waals surface area contributed by atoms with Gasteiger partial charge in [-0.15, -0.1) is 0 Å². The molecule has 134 valence electrons. The Balaban J connectivity index is 2.39. The monoisotopic (exact) mass is 388 g/mol. The van der Waals surface area contributed by atoms with Crippen LogP contribution in [0.1, 0.15) is 16.1 Å². The summed E-state index contributed by atoms with van der Waals surface area (Å²) >= 11 is 5.91. The first-order chi connectivity index (χ1) is 11.7. The highest BCUT2D eigenvalue weighted by atomic mass is 35.5. The molecule has 4 N–H and O–H groups in total. The van der Waals surface area contributed by atoms with Crippen molar-refractivity contribution in [2.75, 3.05) is 11.9 Å². The molecule has 0 amide bonds. The highest BCUT2D eigenvalue weighted by Crippen LogP contribution is 2.29. The van der Waals surface area contributed by atoms with Crippen LogP contribution in [0.3, 0.4) is 0 Å². The third kappa shape index (κ3) is 4.95. The second-order valence-corrected chi connectivity index (χ2v) is 6.71. The molecule has 0 unspecified atom stereocenters. The van der Waals surface area contributed by atoms with Crippen LogP contribution in [0.4, 0.5) is 5.69 Å². The van der Waals surface area contributed by atoms with E-state index in [1.807, 2.05) is 0 Å². The molecular formula is C14H13ClN2O7S. The highest BCUT2D eigenvalue weighted by Gasteiger charge is 2.22. The summed E-state index contributed by atoms with van der Waals surface area (Å²) < 4.78 is 32.9. The van der Waals surface area contributed by atoms with Crippen LogP contribution in [0, 0.1) is 0 Å². The number of nitrogens with two attached hydrogens (primary N) is 1. The summed E-state index contributed by atoms with van der Waals surface area (Å²) in [5, 5.41) is 16.3. The number of anilines is 1. The number of sulfonamides is 1. The van der Waals surface area contributed by atoms with E-state index in [0.717, 1.165) is 6.07 Å². The Morgan fingerprint density at radius 3 is 2.64 bits per heavy atom. The lowest BCUT2D eigenvalue weighted by Crippen LogP contribution is -2.18. The number of hydrogen-bond donors (Lipinski definition) is 3. The van der Waals surface area contributed by atoms with E-state index < -0.39 is 33.5 Å². The quantitative estimate of drug-likeness (QED) is 0.603. The van der Waals surface area contributed by atoms with Crippen molar-refractivity contribution in [2.24, 2.45) is 5.14 Å². The zero-order chi connectivity index (χ0) is 18.6. The smallest absolute Gasteiger partial charge is 0.341 e. The number of rotatable bonds is 7. The van der Waals surface area contributed by atoms with E-state index >= 15 is 0 Å². The molecule has 2 aromatic rings. The van der Waals surface area contributed by atoms with Crippen molar-refractivity contribution in [3.8, 4) is 0 Å². The Kier molecular flexibility index (Phi) is 5.67. The summed E-state index contributed by atoms with van der Waals surface area (Å²) in [4.78, 5) is 22.1. The minimum Gasteiger partial charge on any atom is -0.479 e. The van der Waals surface area contributed by atoms with Gasteiger partial charge in [0.05, 0.1) is 29.1 Å². The first-order valence-electron chi connectivity index (χ1n) is 6.70. The molecule has 1 heterocycles. The topological polar surface area (TPSA) is 149 Å². The van der Waals surface area contributed by atoms with E-state index in [2.05, 4.69) is 10.1 Å². The number of primary sulfonamides is 1. The Bertz CT molecular complexity index is 894. The average Bonchev–Trinajstić information content (AvgIpc) is 3.02.